The van der Waals surface area contributed by atoms with Gasteiger partial charge in [0.1, 0.15) is 4.21 Å². The van der Waals surface area contributed by atoms with Gasteiger partial charge in [-0.1, -0.05) is 23.7 Å². The van der Waals surface area contributed by atoms with E-state index < -0.39 is 21.9 Å². The van der Waals surface area contributed by atoms with Crippen molar-refractivity contribution in [2.45, 2.75) is 10.6 Å². The number of methoxy groups -OCH3 is 1. The highest BCUT2D eigenvalue weighted by molar-refractivity contribution is 7.91. The summed E-state index contributed by atoms with van der Waals surface area (Å²) < 4.78 is 31.9. The highest BCUT2D eigenvalue weighted by atomic mass is 35.5. The van der Waals surface area contributed by atoms with Gasteiger partial charge in [-0.3, -0.25) is 9.59 Å². The van der Waals surface area contributed by atoms with E-state index in [4.69, 9.17) is 11.6 Å². The molecule has 2 amide bonds. The lowest BCUT2D eigenvalue weighted by Crippen LogP contribution is -2.52. The van der Waals surface area contributed by atoms with E-state index in [-0.39, 0.29) is 60.7 Å². The summed E-state index contributed by atoms with van der Waals surface area (Å²) in [5.41, 5.74) is 0.765. The Labute approximate surface area is 200 Å². The summed E-state index contributed by atoms with van der Waals surface area (Å²) in [5, 5.41) is 1.89. The molecule has 4 rings (SSSR count). The molecule has 2 aliphatic rings. The summed E-state index contributed by atoms with van der Waals surface area (Å²) in [7, 11) is -2.55. The summed E-state index contributed by atoms with van der Waals surface area (Å²) in [6, 6.07) is 8.30. The maximum absolute atomic E-state index is 13.0. The predicted molar refractivity (Wildman–Crippen MR) is 123 cm³/mol. The second kappa shape index (κ2) is 9.41. The number of carbonyl (C=O) groups excluding carboxylic acids is 3. The molecule has 176 valence electrons. The van der Waals surface area contributed by atoms with E-state index in [2.05, 4.69) is 4.74 Å². The molecule has 1 aromatic carbocycles. The summed E-state index contributed by atoms with van der Waals surface area (Å²) in [6.45, 7) is 0.961. The number of benzene rings is 1. The van der Waals surface area contributed by atoms with Gasteiger partial charge < -0.3 is 14.5 Å². The minimum absolute atomic E-state index is 0.0550. The molecule has 0 saturated carbocycles. The standard InChI is InChI=1S/C21H22ClN3O6S2/c1-31-21(28)15-11-19(32-13-15)33(29,30)24-8-6-23(7-9-24)20(27)14-10-18(26)25(12-14)17-5-3-2-4-16(17)22/h2-5,11,13-14H,6-10,12H2,1H3. The summed E-state index contributed by atoms with van der Waals surface area (Å²) >= 11 is 7.16. The fourth-order valence-corrected chi connectivity index (χ4v) is 6.95. The Morgan fingerprint density at radius 1 is 1.15 bits per heavy atom. The average molecular weight is 512 g/mol. The Morgan fingerprint density at radius 2 is 1.85 bits per heavy atom. The first-order chi connectivity index (χ1) is 15.7. The van der Waals surface area contributed by atoms with Crippen molar-refractivity contribution in [1.29, 1.82) is 0 Å². The number of sulfonamides is 1. The molecule has 2 aliphatic heterocycles. The molecule has 3 heterocycles. The Morgan fingerprint density at radius 3 is 2.52 bits per heavy atom. The van der Waals surface area contributed by atoms with Crippen LogP contribution >= 0.6 is 22.9 Å². The van der Waals surface area contributed by atoms with Crippen molar-refractivity contribution in [3.8, 4) is 0 Å². The molecule has 2 saturated heterocycles. The molecule has 2 fully saturated rings. The van der Waals surface area contributed by atoms with Gasteiger partial charge in [-0.25, -0.2) is 13.2 Å². The minimum atomic E-state index is -3.78. The van der Waals surface area contributed by atoms with Gasteiger partial charge in [0.2, 0.25) is 11.8 Å². The zero-order chi connectivity index (χ0) is 23.8. The minimum Gasteiger partial charge on any atom is -0.465 e. The molecule has 9 nitrogen and oxygen atoms in total. The van der Waals surface area contributed by atoms with Crippen molar-refractivity contribution < 1.29 is 27.5 Å². The summed E-state index contributed by atoms with van der Waals surface area (Å²) in [4.78, 5) is 40.3. The molecule has 0 bridgehead atoms. The third-order valence-corrected chi connectivity index (χ3v) is 9.39. The van der Waals surface area contributed by atoms with Crippen molar-refractivity contribution in [3.05, 3.63) is 46.3 Å². The van der Waals surface area contributed by atoms with Crippen LogP contribution in [0.3, 0.4) is 0 Å². The number of thiophene rings is 1. The maximum atomic E-state index is 13.0. The number of para-hydroxylation sites is 1. The second-order valence-corrected chi connectivity index (χ2v) is 11.2. The number of anilines is 1. The molecule has 0 spiro atoms. The Kier molecular flexibility index (Phi) is 6.76. The lowest BCUT2D eigenvalue weighted by atomic mass is 10.1. The zero-order valence-electron chi connectivity index (χ0n) is 17.8. The largest absolute Gasteiger partial charge is 0.465 e. The van der Waals surface area contributed by atoms with E-state index in [1.807, 2.05) is 0 Å². The number of nitrogens with zero attached hydrogens (tertiary/aromatic N) is 3. The van der Waals surface area contributed by atoms with Crippen molar-refractivity contribution >= 4 is 56.4 Å². The van der Waals surface area contributed by atoms with Gasteiger partial charge in [0, 0.05) is 44.5 Å². The van der Waals surface area contributed by atoms with Crippen LogP contribution in [0.2, 0.25) is 5.02 Å². The molecule has 0 radical (unpaired) electrons. The van der Waals surface area contributed by atoms with Crippen LogP contribution in [-0.2, 0) is 24.3 Å². The number of carbonyl (C=O) groups is 3. The van der Waals surface area contributed by atoms with Crippen molar-refractivity contribution in [2.75, 3.05) is 44.7 Å². The van der Waals surface area contributed by atoms with Gasteiger partial charge in [-0.15, -0.1) is 11.3 Å². The van der Waals surface area contributed by atoms with E-state index in [0.29, 0.717) is 10.7 Å². The maximum Gasteiger partial charge on any atom is 0.338 e. The van der Waals surface area contributed by atoms with Gasteiger partial charge in [-0.05, 0) is 18.2 Å². The van der Waals surface area contributed by atoms with Gasteiger partial charge in [0.05, 0.1) is 29.3 Å². The van der Waals surface area contributed by atoms with E-state index >= 15 is 0 Å². The van der Waals surface area contributed by atoms with Crippen LogP contribution in [0.25, 0.3) is 0 Å². The second-order valence-electron chi connectivity index (χ2n) is 7.73. The summed E-state index contributed by atoms with van der Waals surface area (Å²) in [6.07, 6.45) is 0.0913. The normalized spacial score (nSPS) is 19.7. The quantitative estimate of drug-likeness (QED) is 0.569. The number of ether oxygens (including phenoxy) is 1. The van der Waals surface area contributed by atoms with Crippen molar-refractivity contribution in [2.24, 2.45) is 5.92 Å². The monoisotopic (exact) mass is 511 g/mol. The van der Waals surface area contributed by atoms with Crippen LogP contribution in [-0.4, -0.2) is 75.2 Å². The topological polar surface area (TPSA) is 104 Å². The van der Waals surface area contributed by atoms with E-state index in [1.54, 1.807) is 29.2 Å². The molecule has 12 heteroatoms. The molecule has 2 aromatic rings. The number of halogens is 1. The Balaban J connectivity index is 1.38. The van der Waals surface area contributed by atoms with E-state index in [1.165, 1.54) is 27.8 Å². The predicted octanol–water partition coefficient (Wildman–Crippen LogP) is 2.07. The van der Waals surface area contributed by atoms with Crippen molar-refractivity contribution in [1.82, 2.24) is 9.21 Å². The van der Waals surface area contributed by atoms with E-state index in [0.717, 1.165) is 11.3 Å². The highest BCUT2D eigenvalue weighted by Crippen LogP contribution is 2.32. The van der Waals surface area contributed by atoms with Crippen LogP contribution in [0.5, 0.6) is 0 Å². The van der Waals surface area contributed by atoms with Crippen LogP contribution in [0.15, 0.2) is 39.9 Å². The number of hydrogen-bond donors (Lipinski definition) is 0. The SMILES string of the molecule is COC(=O)c1csc(S(=O)(=O)N2CCN(C(=O)C3CC(=O)N(c4ccccc4Cl)C3)CC2)c1. The first kappa shape index (κ1) is 23.7. The molecule has 1 unspecified atom stereocenters. The number of esters is 1. The van der Waals surface area contributed by atoms with E-state index in [9.17, 15) is 22.8 Å². The fraction of sp³-hybridized carbons (Fsp3) is 0.381. The van der Waals surface area contributed by atoms with Gasteiger partial charge in [0.25, 0.3) is 10.0 Å². The number of rotatable bonds is 5. The van der Waals surface area contributed by atoms with Crippen LogP contribution < -0.4 is 4.90 Å². The molecule has 0 aliphatic carbocycles. The smallest absolute Gasteiger partial charge is 0.338 e. The van der Waals surface area contributed by atoms with Gasteiger partial charge in [0.15, 0.2) is 0 Å². The third-order valence-electron chi connectivity index (χ3n) is 5.76. The average Bonchev–Trinajstić information content (AvgIpc) is 3.46. The lowest BCUT2D eigenvalue weighted by Gasteiger charge is -2.35. The molecule has 1 atom stereocenters. The van der Waals surface area contributed by atoms with Gasteiger partial charge in [-0.2, -0.15) is 4.31 Å². The zero-order valence-corrected chi connectivity index (χ0v) is 20.2. The Hall–Kier alpha value is -2.47. The molecule has 33 heavy (non-hydrogen) atoms. The first-order valence-corrected chi connectivity index (χ1v) is 12.9. The molecule has 0 N–H and O–H groups in total. The van der Waals surface area contributed by atoms with Crippen LogP contribution in [0, 0.1) is 5.92 Å². The lowest BCUT2D eigenvalue weighted by molar-refractivity contribution is -0.136. The molecular formula is C21H22ClN3O6S2. The van der Waals surface area contributed by atoms with Crippen LogP contribution in [0.4, 0.5) is 5.69 Å². The summed E-state index contributed by atoms with van der Waals surface area (Å²) in [5.74, 6) is -1.43. The number of amides is 2. The Bertz CT molecular complexity index is 1190. The highest BCUT2D eigenvalue weighted by Gasteiger charge is 2.39. The van der Waals surface area contributed by atoms with Crippen molar-refractivity contribution in [3.63, 3.8) is 0 Å². The third kappa shape index (κ3) is 4.63. The number of hydrogen-bond acceptors (Lipinski definition) is 7. The van der Waals surface area contributed by atoms with Crippen LogP contribution in [0.1, 0.15) is 16.8 Å². The molecule has 1 aromatic heterocycles. The fourth-order valence-electron chi connectivity index (χ4n) is 3.99. The number of piperazine rings is 1. The molecular weight excluding hydrogens is 490 g/mol. The first-order valence-electron chi connectivity index (χ1n) is 10.2. The van der Waals surface area contributed by atoms with Gasteiger partial charge >= 0.3 is 5.97 Å².